The van der Waals surface area contributed by atoms with Crippen molar-refractivity contribution in [2.24, 2.45) is 7.05 Å². The van der Waals surface area contributed by atoms with Crippen molar-refractivity contribution in [3.8, 4) is 22.5 Å². The second-order valence-electron chi connectivity index (χ2n) is 9.57. The van der Waals surface area contributed by atoms with Gasteiger partial charge in [0.15, 0.2) is 0 Å². The Bertz CT molecular complexity index is 1380. The van der Waals surface area contributed by atoms with E-state index in [2.05, 4.69) is 34.9 Å². The highest BCUT2D eigenvalue weighted by Crippen LogP contribution is 2.47. The van der Waals surface area contributed by atoms with E-state index in [0.717, 1.165) is 82.7 Å². The number of benzene rings is 1. The van der Waals surface area contributed by atoms with Gasteiger partial charge in [0.25, 0.3) is 5.91 Å². The predicted molar refractivity (Wildman–Crippen MR) is 128 cm³/mol. The zero-order valence-corrected chi connectivity index (χ0v) is 18.9. The van der Waals surface area contributed by atoms with Crippen LogP contribution in [-0.4, -0.2) is 26.9 Å². The average Bonchev–Trinajstić information content (AvgIpc) is 3.49. The van der Waals surface area contributed by atoms with Crippen molar-refractivity contribution >= 4 is 17.5 Å². The summed E-state index contributed by atoms with van der Waals surface area (Å²) in [6, 6.07) is 8.10. The van der Waals surface area contributed by atoms with Gasteiger partial charge in [0.2, 0.25) is 5.91 Å². The molecule has 0 atom stereocenters. The first-order valence-electron chi connectivity index (χ1n) is 11.5. The third-order valence-electron chi connectivity index (χ3n) is 7.44. The van der Waals surface area contributed by atoms with Gasteiger partial charge in [0.1, 0.15) is 0 Å². The molecule has 2 aromatic heterocycles. The van der Waals surface area contributed by atoms with Crippen molar-refractivity contribution in [3.05, 3.63) is 71.1 Å². The van der Waals surface area contributed by atoms with Crippen LogP contribution in [0.25, 0.3) is 22.5 Å². The monoisotopic (exact) mass is 438 g/mol. The van der Waals surface area contributed by atoms with Crippen molar-refractivity contribution in [2.45, 2.75) is 44.6 Å². The number of amides is 2. The van der Waals surface area contributed by atoms with Crippen LogP contribution in [0.1, 0.15) is 45.6 Å². The number of hydrogen-bond acceptors (Lipinski definition) is 3. The van der Waals surface area contributed by atoms with E-state index in [4.69, 9.17) is 4.98 Å². The number of anilines is 1. The molecule has 0 bridgehead atoms. The van der Waals surface area contributed by atoms with Gasteiger partial charge in [-0.15, -0.1) is 0 Å². The minimum atomic E-state index is -0.237. The van der Waals surface area contributed by atoms with E-state index in [1.165, 1.54) is 11.6 Å². The molecule has 166 valence electrons. The summed E-state index contributed by atoms with van der Waals surface area (Å²) in [4.78, 5) is 29.6. The lowest BCUT2D eigenvalue weighted by Crippen LogP contribution is -2.43. The molecule has 1 aliphatic heterocycles. The molecule has 2 N–H and O–H groups in total. The first-order valence-corrected chi connectivity index (χ1v) is 11.5. The van der Waals surface area contributed by atoms with Crippen LogP contribution in [0, 0.1) is 6.92 Å². The van der Waals surface area contributed by atoms with E-state index >= 15 is 0 Å². The zero-order chi connectivity index (χ0) is 22.9. The Kier molecular flexibility index (Phi) is 4.18. The fraction of sp³-hybridized carbons (Fsp3) is 0.296. The van der Waals surface area contributed by atoms with Gasteiger partial charge in [-0.05, 0) is 67.5 Å². The summed E-state index contributed by atoms with van der Waals surface area (Å²) in [7, 11) is 2.09. The van der Waals surface area contributed by atoms with Crippen LogP contribution in [0.2, 0.25) is 0 Å². The number of aryl methyl sites for hydroxylation is 2. The second-order valence-corrected chi connectivity index (χ2v) is 9.57. The van der Waals surface area contributed by atoms with Crippen molar-refractivity contribution < 1.29 is 9.59 Å². The van der Waals surface area contributed by atoms with Crippen LogP contribution in [0.3, 0.4) is 0 Å². The number of pyridine rings is 1. The predicted octanol–water partition coefficient (Wildman–Crippen LogP) is 4.10. The summed E-state index contributed by atoms with van der Waals surface area (Å²) in [6.45, 7) is 5.49. The summed E-state index contributed by atoms with van der Waals surface area (Å²) < 4.78 is 2.25. The quantitative estimate of drug-likeness (QED) is 0.605. The molecule has 1 saturated carbocycles. The molecule has 1 spiro atoms. The topological polar surface area (TPSA) is 76.0 Å². The van der Waals surface area contributed by atoms with Crippen LogP contribution in [-0.2, 0) is 31.1 Å². The van der Waals surface area contributed by atoms with Crippen molar-refractivity contribution in [1.29, 1.82) is 0 Å². The van der Waals surface area contributed by atoms with Gasteiger partial charge in [-0.2, -0.15) is 0 Å². The van der Waals surface area contributed by atoms with Crippen molar-refractivity contribution in [1.82, 2.24) is 14.9 Å². The molecule has 6 rings (SSSR count). The highest BCUT2D eigenvalue weighted by molar-refractivity contribution is 6.02. The highest BCUT2D eigenvalue weighted by Gasteiger charge is 2.50. The minimum absolute atomic E-state index is 0.0147. The van der Waals surface area contributed by atoms with Gasteiger partial charge in [-0.3, -0.25) is 14.6 Å². The van der Waals surface area contributed by atoms with E-state index in [9.17, 15) is 9.59 Å². The van der Waals surface area contributed by atoms with Gasteiger partial charge < -0.3 is 15.2 Å². The van der Waals surface area contributed by atoms with Crippen molar-refractivity contribution in [3.63, 3.8) is 0 Å². The normalized spacial score (nSPS) is 17.0. The van der Waals surface area contributed by atoms with Gasteiger partial charge in [0.05, 0.1) is 17.0 Å². The van der Waals surface area contributed by atoms with Gasteiger partial charge in [-0.1, -0.05) is 18.7 Å². The lowest BCUT2D eigenvalue weighted by molar-refractivity contribution is -0.111. The Balaban J connectivity index is 1.46. The molecular weight excluding hydrogens is 412 g/mol. The Morgan fingerprint density at radius 3 is 2.85 bits per heavy atom. The molecule has 3 aliphatic rings. The molecule has 1 fully saturated rings. The Morgan fingerprint density at radius 2 is 2.09 bits per heavy atom. The van der Waals surface area contributed by atoms with Crippen LogP contribution < -0.4 is 10.6 Å². The van der Waals surface area contributed by atoms with Gasteiger partial charge in [0, 0.05) is 47.7 Å². The smallest absolute Gasteiger partial charge is 0.253 e. The van der Waals surface area contributed by atoms with E-state index in [-0.39, 0.29) is 17.4 Å². The average molecular weight is 439 g/mol. The molecule has 3 aromatic rings. The molecule has 0 saturated heterocycles. The van der Waals surface area contributed by atoms with Crippen LogP contribution in [0.4, 0.5) is 5.69 Å². The molecule has 1 aromatic carbocycles. The highest BCUT2D eigenvalue weighted by atomic mass is 16.2. The molecular formula is C27H26N4O2. The summed E-state index contributed by atoms with van der Waals surface area (Å²) in [5.74, 6) is -0.149. The molecule has 6 nitrogen and oxygen atoms in total. The largest absolute Gasteiger partial charge is 0.347 e. The van der Waals surface area contributed by atoms with E-state index in [1.807, 2.05) is 31.3 Å². The molecule has 33 heavy (non-hydrogen) atoms. The maximum atomic E-state index is 13.0. The van der Waals surface area contributed by atoms with E-state index in [0.29, 0.717) is 0 Å². The number of hydrogen-bond donors (Lipinski definition) is 2. The third-order valence-corrected chi connectivity index (χ3v) is 7.44. The number of nitrogens with one attached hydrogen (secondary N) is 2. The molecule has 0 radical (unpaired) electrons. The van der Waals surface area contributed by atoms with Crippen molar-refractivity contribution in [2.75, 3.05) is 5.32 Å². The van der Waals surface area contributed by atoms with E-state index in [1.54, 1.807) is 0 Å². The number of nitrogens with zero attached hydrogens (tertiary/aromatic N) is 2. The number of aromatic nitrogens is 2. The SMILES string of the molecule is C=CC(=O)Nc1cc(-c2cc3c(cn2)CCc2c4c(n(C)c2-3)CC2(CC2)NC4=O)ccc1C. The Morgan fingerprint density at radius 1 is 1.27 bits per heavy atom. The zero-order valence-electron chi connectivity index (χ0n) is 18.9. The molecule has 2 aliphatic carbocycles. The molecule has 2 amide bonds. The summed E-state index contributed by atoms with van der Waals surface area (Å²) >= 11 is 0. The fourth-order valence-electron chi connectivity index (χ4n) is 5.40. The number of carbonyl (C=O) groups is 2. The van der Waals surface area contributed by atoms with Gasteiger partial charge >= 0.3 is 0 Å². The van der Waals surface area contributed by atoms with Crippen LogP contribution in [0.5, 0.6) is 0 Å². The number of rotatable bonds is 3. The fourth-order valence-corrected chi connectivity index (χ4v) is 5.40. The Labute approximate surface area is 192 Å². The molecule has 6 heteroatoms. The molecule has 3 heterocycles. The number of carbonyl (C=O) groups excluding carboxylic acids is 2. The lowest BCUT2D eigenvalue weighted by Gasteiger charge is -2.24. The van der Waals surface area contributed by atoms with Crippen LogP contribution >= 0.6 is 0 Å². The van der Waals surface area contributed by atoms with Crippen LogP contribution in [0.15, 0.2) is 43.1 Å². The summed E-state index contributed by atoms with van der Waals surface area (Å²) in [5, 5.41) is 6.15. The third kappa shape index (κ3) is 3.04. The van der Waals surface area contributed by atoms with Gasteiger partial charge in [-0.25, -0.2) is 0 Å². The number of fused-ring (bicyclic) bond motifs is 5. The minimum Gasteiger partial charge on any atom is -0.347 e. The van der Waals surface area contributed by atoms with E-state index < -0.39 is 0 Å². The first kappa shape index (κ1) is 20.0. The Hall–Kier alpha value is -3.67. The molecule has 0 unspecified atom stereocenters. The summed E-state index contributed by atoms with van der Waals surface area (Å²) in [5.41, 5.74) is 10.2. The second kappa shape index (κ2) is 6.91. The maximum Gasteiger partial charge on any atom is 0.253 e. The lowest BCUT2D eigenvalue weighted by atomic mass is 9.87. The summed E-state index contributed by atoms with van der Waals surface area (Å²) in [6.07, 6.45) is 8.00. The standard InChI is InChI=1S/C27H26N4O2/c1-4-23(32)29-20-11-16(6-5-15(20)2)21-12-19-17(14-28-21)7-8-18-24-22(31(3)25(18)19)13-27(9-10-27)30-26(24)33/h4-6,11-12,14H,1,7-10,13H2,2-3H3,(H,29,32)(H,30,33). The maximum absolute atomic E-state index is 13.0. The first-order chi connectivity index (χ1) is 15.9.